The lowest BCUT2D eigenvalue weighted by Gasteiger charge is -2.16. The lowest BCUT2D eigenvalue weighted by atomic mass is 10.0. The predicted molar refractivity (Wildman–Crippen MR) is 144 cm³/mol. The van der Waals surface area contributed by atoms with Crippen LogP contribution in [0.5, 0.6) is 17.5 Å². The van der Waals surface area contributed by atoms with Crippen molar-refractivity contribution in [1.29, 1.82) is 0 Å². The molecule has 0 radical (unpaired) electrons. The molecule has 9 nitrogen and oxygen atoms in total. The molecule has 2 unspecified atom stereocenters. The number of halogens is 2. The van der Waals surface area contributed by atoms with E-state index >= 15 is 0 Å². The Bertz CT molecular complexity index is 1350. The molecule has 0 aliphatic carbocycles. The number of carboxylic acids is 1. The fraction of sp³-hybridized carbons (Fsp3) is 0.345. The maximum absolute atomic E-state index is 14.7. The van der Waals surface area contributed by atoms with E-state index in [1.54, 1.807) is 12.1 Å². The van der Waals surface area contributed by atoms with Crippen LogP contribution in [-0.2, 0) is 22.7 Å². The molecule has 0 aliphatic heterocycles. The number of nitrogens with zero attached hydrogens (tertiary/aromatic N) is 1. The highest BCUT2D eigenvalue weighted by molar-refractivity contribution is 5.80. The molecular weight excluding hydrogens is 524 g/mol. The first kappa shape index (κ1) is 30.5. The van der Waals surface area contributed by atoms with E-state index in [1.807, 2.05) is 38.1 Å². The number of aliphatic hydroxyl groups excluding tert-OH is 1. The maximum Gasteiger partial charge on any atom is 0.344 e. The van der Waals surface area contributed by atoms with E-state index in [0.29, 0.717) is 30.2 Å². The lowest BCUT2D eigenvalue weighted by Crippen LogP contribution is -2.34. The van der Waals surface area contributed by atoms with Crippen molar-refractivity contribution < 1.29 is 38.1 Å². The van der Waals surface area contributed by atoms with Gasteiger partial charge in [0.25, 0.3) is 11.8 Å². The third-order valence-electron chi connectivity index (χ3n) is 5.91. The number of carbonyl (C=O) groups excluding carboxylic acids is 1. The van der Waals surface area contributed by atoms with Gasteiger partial charge in [-0.05, 0) is 65.3 Å². The molecule has 0 bridgehead atoms. The third-order valence-corrected chi connectivity index (χ3v) is 5.91. The number of nitrogens with two attached hydrogens (primary N) is 1. The van der Waals surface area contributed by atoms with Crippen molar-refractivity contribution in [2.75, 3.05) is 0 Å². The summed E-state index contributed by atoms with van der Waals surface area (Å²) in [5, 5.41) is 22.0. The van der Waals surface area contributed by atoms with Crippen LogP contribution in [-0.4, -0.2) is 39.3 Å². The Morgan fingerprint density at radius 1 is 1.02 bits per heavy atom. The molecule has 3 rings (SSSR count). The molecular formula is C29H33F2N3O6. The zero-order valence-corrected chi connectivity index (χ0v) is 22.5. The maximum atomic E-state index is 14.7. The Morgan fingerprint density at radius 3 is 2.38 bits per heavy atom. The number of aliphatic hydroxyl groups is 1. The van der Waals surface area contributed by atoms with Crippen LogP contribution in [0.15, 0.2) is 48.5 Å². The number of aromatic nitrogens is 1. The van der Waals surface area contributed by atoms with Crippen LogP contribution >= 0.6 is 0 Å². The molecule has 1 amide bonds. The van der Waals surface area contributed by atoms with Crippen LogP contribution < -0.4 is 20.5 Å². The quantitative estimate of drug-likeness (QED) is 0.240. The van der Waals surface area contributed by atoms with Crippen molar-refractivity contribution in [2.24, 2.45) is 11.7 Å². The number of hydrogen-bond donors (Lipinski definition) is 4. The Labute approximate surface area is 231 Å². The number of rotatable bonds is 13. The third kappa shape index (κ3) is 8.20. The molecule has 0 spiro atoms. The number of nitrogens with one attached hydrogen (secondary N) is 1. The monoisotopic (exact) mass is 557 g/mol. The van der Waals surface area contributed by atoms with Crippen LogP contribution in [0, 0.1) is 17.6 Å². The standard InChI is InChI=1S/C29H33F2N3O6/c1-4-25(29(37)38)40-28-23(31)13-22(30)27(34-28)39-21-11-18(15-33-26(36)24(35)8-16(2)3)10-20(12-21)19-7-5-6-17(9-19)14-32/h5-7,9-13,16,24-25,35H,4,8,14-15,32H2,1-3H3,(H,33,36)(H,37,38). The molecule has 5 N–H and O–H groups in total. The molecule has 0 saturated carbocycles. The van der Waals surface area contributed by atoms with E-state index in [-0.39, 0.29) is 24.6 Å². The fourth-order valence-corrected chi connectivity index (χ4v) is 3.87. The Morgan fingerprint density at radius 2 is 1.73 bits per heavy atom. The van der Waals surface area contributed by atoms with Gasteiger partial charge in [0, 0.05) is 19.2 Å². The number of benzene rings is 2. The van der Waals surface area contributed by atoms with Crippen molar-refractivity contribution >= 4 is 11.9 Å². The summed E-state index contributed by atoms with van der Waals surface area (Å²) in [7, 11) is 0. The van der Waals surface area contributed by atoms with Crippen molar-refractivity contribution in [3.8, 4) is 28.6 Å². The molecule has 0 aliphatic rings. The summed E-state index contributed by atoms with van der Waals surface area (Å²) in [4.78, 5) is 27.4. The van der Waals surface area contributed by atoms with Crippen LogP contribution in [0.25, 0.3) is 11.1 Å². The summed E-state index contributed by atoms with van der Waals surface area (Å²) in [6, 6.07) is 12.8. The second kappa shape index (κ2) is 13.8. The van der Waals surface area contributed by atoms with Gasteiger partial charge in [0.05, 0.1) is 0 Å². The summed E-state index contributed by atoms with van der Waals surface area (Å²) >= 11 is 0. The molecule has 2 atom stereocenters. The number of ether oxygens (including phenoxy) is 2. The van der Waals surface area contributed by atoms with Crippen LogP contribution in [0.4, 0.5) is 8.78 Å². The molecule has 11 heteroatoms. The van der Waals surface area contributed by atoms with Crippen molar-refractivity contribution in [1.82, 2.24) is 10.3 Å². The van der Waals surface area contributed by atoms with E-state index < -0.39 is 47.5 Å². The van der Waals surface area contributed by atoms with Crippen LogP contribution in [0.1, 0.15) is 44.7 Å². The predicted octanol–water partition coefficient (Wildman–Crippen LogP) is 4.54. The normalized spacial score (nSPS) is 12.6. The van der Waals surface area contributed by atoms with Gasteiger partial charge in [-0.3, -0.25) is 4.79 Å². The van der Waals surface area contributed by atoms with Crippen LogP contribution in [0.2, 0.25) is 0 Å². The first-order valence-electron chi connectivity index (χ1n) is 12.8. The van der Waals surface area contributed by atoms with E-state index in [2.05, 4.69) is 10.3 Å². The molecule has 214 valence electrons. The van der Waals surface area contributed by atoms with Gasteiger partial charge >= 0.3 is 5.97 Å². The second-order valence-electron chi connectivity index (χ2n) is 9.65. The minimum atomic E-state index is -1.39. The first-order chi connectivity index (χ1) is 19.0. The van der Waals surface area contributed by atoms with Crippen LogP contribution in [0.3, 0.4) is 0 Å². The summed E-state index contributed by atoms with van der Waals surface area (Å²) in [6.45, 7) is 5.65. The molecule has 40 heavy (non-hydrogen) atoms. The molecule has 3 aromatic rings. The SMILES string of the molecule is CCC(Oc1nc(Oc2cc(CNC(=O)C(O)CC(C)C)cc(-c3cccc(CN)c3)c2)c(F)cc1F)C(=O)O. The molecule has 0 saturated heterocycles. The number of pyridine rings is 1. The molecule has 1 heterocycles. The van der Waals surface area contributed by atoms with Crippen molar-refractivity contribution in [3.05, 3.63) is 71.3 Å². The van der Waals surface area contributed by atoms with Gasteiger partial charge in [-0.2, -0.15) is 4.98 Å². The van der Waals surface area contributed by atoms with Crippen molar-refractivity contribution in [2.45, 2.75) is 58.9 Å². The Balaban J connectivity index is 1.96. The minimum absolute atomic E-state index is 0.0227. The zero-order valence-electron chi connectivity index (χ0n) is 22.5. The largest absolute Gasteiger partial charge is 0.479 e. The summed E-state index contributed by atoms with van der Waals surface area (Å²) < 4.78 is 39.8. The number of carbonyl (C=O) groups is 2. The highest BCUT2D eigenvalue weighted by Crippen LogP contribution is 2.32. The van der Waals surface area contributed by atoms with Gasteiger partial charge in [-0.15, -0.1) is 0 Å². The van der Waals surface area contributed by atoms with E-state index in [4.69, 9.17) is 15.2 Å². The highest BCUT2D eigenvalue weighted by atomic mass is 19.1. The smallest absolute Gasteiger partial charge is 0.344 e. The topological polar surface area (TPSA) is 144 Å². The minimum Gasteiger partial charge on any atom is -0.479 e. The summed E-state index contributed by atoms with van der Waals surface area (Å²) in [6.07, 6.45) is -2.24. The first-order valence-corrected chi connectivity index (χ1v) is 12.8. The molecule has 2 aromatic carbocycles. The van der Waals surface area contributed by atoms with Gasteiger partial charge in [0.15, 0.2) is 17.7 Å². The van der Waals surface area contributed by atoms with Gasteiger partial charge in [0.1, 0.15) is 11.9 Å². The lowest BCUT2D eigenvalue weighted by molar-refractivity contribution is -0.145. The van der Waals surface area contributed by atoms with Gasteiger partial charge < -0.3 is 30.7 Å². The number of carboxylic acid groups (broad SMARTS) is 1. The summed E-state index contributed by atoms with van der Waals surface area (Å²) in [5.74, 6) is -5.30. The van der Waals surface area contributed by atoms with Gasteiger partial charge in [-0.25, -0.2) is 13.6 Å². The molecule has 1 aromatic heterocycles. The van der Waals surface area contributed by atoms with Gasteiger partial charge in [-0.1, -0.05) is 39.0 Å². The summed E-state index contributed by atoms with van der Waals surface area (Å²) in [5.41, 5.74) is 8.63. The number of amides is 1. The van der Waals surface area contributed by atoms with E-state index in [9.17, 15) is 28.6 Å². The van der Waals surface area contributed by atoms with E-state index in [0.717, 1.165) is 11.1 Å². The van der Waals surface area contributed by atoms with Crippen molar-refractivity contribution in [3.63, 3.8) is 0 Å². The second-order valence-corrected chi connectivity index (χ2v) is 9.65. The Hall–Kier alpha value is -4.09. The van der Waals surface area contributed by atoms with Gasteiger partial charge in [0.2, 0.25) is 5.91 Å². The average molecular weight is 558 g/mol. The Kier molecular flexibility index (Phi) is 10.5. The number of aliphatic carboxylic acids is 1. The number of hydrogen-bond acceptors (Lipinski definition) is 7. The van der Waals surface area contributed by atoms with E-state index in [1.165, 1.54) is 13.0 Å². The average Bonchev–Trinajstić information content (AvgIpc) is 2.91. The fourth-order valence-electron chi connectivity index (χ4n) is 3.87. The highest BCUT2D eigenvalue weighted by Gasteiger charge is 2.23. The zero-order chi connectivity index (χ0) is 29.4. The molecule has 0 fully saturated rings.